The third-order valence-corrected chi connectivity index (χ3v) is 5.62. The van der Waals surface area contributed by atoms with E-state index in [-0.39, 0.29) is 18.9 Å². The van der Waals surface area contributed by atoms with Crippen LogP contribution in [-0.2, 0) is 14.3 Å². The van der Waals surface area contributed by atoms with Crippen molar-refractivity contribution in [1.82, 2.24) is 10.6 Å². The van der Waals surface area contributed by atoms with E-state index in [9.17, 15) is 27.6 Å². The average molecular weight is 478 g/mol. The predicted octanol–water partition coefficient (Wildman–Crippen LogP) is 4.22. The number of alkyl halides is 3. The molecule has 0 bridgehead atoms. The van der Waals surface area contributed by atoms with Crippen molar-refractivity contribution in [3.63, 3.8) is 0 Å². The maximum Gasteiger partial charge on any atom is 0.409 e. The van der Waals surface area contributed by atoms with Gasteiger partial charge in [-0.3, -0.25) is 9.59 Å². The van der Waals surface area contributed by atoms with Crippen LogP contribution in [0, 0.1) is 0 Å². The van der Waals surface area contributed by atoms with Gasteiger partial charge >= 0.3 is 18.2 Å². The largest absolute Gasteiger partial charge is 0.481 e. The molecule has 0 aliphatic heterocycles. The Balaban J connectivity index is 1.65. The Bertz CT molecular complexity index is 1010. The van der Waals surface area contributed by atoms with Crippen LogP contribution in [0.25, 0.3) is 11.1 Å². The van der Waals surface area contributed by atoms with E-state index in [4.69, 9.17) is 9.84 Å². The number of alkyl carbamates (subject to hydrolysis) is 1. The molecule has 182 valence electrons. The number of amides is 2. The molecule has 0 spiro atoms. The van der Waals surface area contributed by atoms with Gasteiger partial charge in [0.25, 0.3) is 0 Å². The zero-order valence-corrected chi connectivity index (χ0v) is 18.4. The van der Waals surface area contributed by atoms with Crippen molar-refractivity contribution in [2.24, 2.45) is 0 Å². The summed E-state index contributed by atoms with van der Waals surface area (Å²) >= 11 is 0. The summed E-state index contributed by atoms with van der Waals surface area (Å²) in [5.41, 5.74) is 4.04. The van der Waals surface area contributed by atoms with Crippen molar-refractivity contribution in [3.8, 4) is 11.1 Å². The van der Waals surface area contributed by atoms with Crippen LogP contribution < -0.4 is 10.6 Å². The van der Waals surface area contributed by atoms with Gasteiger partial charge in [0.2, 0.25) is 5.91 Å². The minimum Gasteiger partial charge on any atom is -0.481 e. The highest BCUT2D eigenvalue weighted by Gasteiger charge is 2.43. The number of carbonyl (C=O) groups is 3. The maximum absolute atomic E-state index is 13.1. The fourth-order valence-corrected chi connectivity index (χ4v) is 4.04. The number of hydrogen-bond acceptors (Lipinski definition) is 4. The summed E-state index contributed by atoms with van der Waals surface area (Å²) in [6.07, 6.45) is -6.78. The van der Waals surface area contributed by atoms with Crippen LogP contribution in [0.2, 0.25) is 0 Å². The topological polar surface area (TPSA) is 105 Å². The third-order valence-electron chi connectivity index (χ3n) is 5.62. The number of rotatable bonds is 9. The molecule has 0 saturated heterocycles. The smallest absolute Gasteiger partial charge is 0.409 e. The first-order chi connectivity index (χ1) is 16.1. The summed E-state index contributed by atoms with van der Waals surface area (Å²) in [5, 5.41) is 12.7. The van der Waals surface area contributed by atoms with Gasteiger partial charge < -0.3 is 20.5 Å². The van der Waals surface area contributed by atoms with Crippen LogP contribution >= 0.6 is 0 Å². The van der Waals surface area contributed by atoms with E-state index in [1.54, 1.807) is 12.2 Å². The molecule has 34 heavy (non-hydrogen) atoms. The second kappa shape index (κ2) is 10.6. The quantitative estimate of drug-likeness (QED) is 0.501. The van der Waals surface area contributed by atoms with Gasteiger partial charge in [-0.15, -0.1) is 0 Å². The molecule has 1 aliphatic carbocycles. The Labute approximate surface area is 194 Å². The van der Waals surface area contributed by atoms with Gasteiger partial charge in [-0.25, -0.2) is 4.79 Å². The summed E-state index contributed by atoms with van der Waals surface area (Å²) in [7, 11) is 0. The number of fused-ring (bicyclic) bond motifs is 3. The molecule has 0 aromatic heterocycles. The van der Waals surface area contributed by atoms with Crippen LogP contribution in [0.15, 0.2) is 48.5 Å². The lowest BCUT2D eigenvalue weighted by Crippen LogP contribution is -2.54. The predicted molar refractivity (Wildman–Crippen MR) is 117 cm³/mol. The maximum atomic E-state index is 13.1. The number of nitrogens with one attached hydrogen (secondary N) is 2. The molecule has 0 fully saturated rings. The molecule has 2 aromatic carbocycles. The third kappa shape index (κ3) is 5.86. The summed E-state index contributed by atoms with van der Waals surface area (Å²) in [4.78, 5) is 35.6. The molecule has 2 aromatic rings. The van der Waals surface area contributed by atoms with Crippen LogP contribution in [0.5, 0.6) is 0 Å². The minimum atomic E-state index is -4.95. The number of carboxylic acid groups (broad SMARTS) is 1. The van der Waals surface area contributed by atoms with Gasteiger partial charge in [0, 0.05) is 5.92 Å². The molecule has 7 nitrogen and oxygen atoms in total. The summed E-state index contributed by atoms with van der Waals surface area (Å²) in [5.74, 6) is -3.06. The molecular formula is C24H25F3N2O5. The Morgan fingerprint density at radius 2 is 1.56 bits per heavy atom. The molecule has 0 saturated carbocycles. The first-order valence-electron chi connectivity index (χ1n) is 10.8. The average Bonchev–Trinajstić information content (AvgIpc) is 3.10. The standard InChI is InChI=1S/C24H25F3N2O5/c1-2-7-19(22(32)29-20(12-21(30)31)24(25,26)27)28-23(33)34-13-18-16-10-5-3-8-14(16)15-9-4-6-11-17(15)18/h3-6,8-11,18-20H,2,7,12-13H2,1H3,(H,28,33)(H,29,32)(H,30,31)/t19-,20?/m0/s1. The zero-order valence-electron chi connectivity index (χ0n) is 18.4. The number of hydrogen-bond donors (Lipinski definition) is 3. The zero-order chi connectivity index (χ0) is 24.9. The van der Waals surface area contributed by atoms with E-state index in [1.807, 2.05) is 48.5 Å². The second-order valence-electron chi connectivity index (χ2n) is 8.01. The van der Waals surface area contributed by atoms with Gasteiger partial charge in [0.05, 0.1) is 6.42 Å². The highest BCUT2D eigenvalue weighted by molar-refractivity contribution is 5.86. The Morgan fingerprint density at radius 1 is 1.00 bits per heavy atom. The van der Waals surface area contributed by atoms with Crippen LogP contribution in [0.3, 0.4) is 0 Å². The molecule has 10 heteroatoms. The molecule has 1 aliphatic rings. The molecule has 3 N–H and O–H groups in total. The van der Waals surface area contributed by atoms with Gasteiger partial charge in [0.15, 0.2) is 0 Å². The SMILES string of the molecule is CCC[C@H](NC(=O)OCC1c2ccccc2-c2ccccc21)C(=O)NC(CC(=O)O)C(F)(F)F. The number of benzene rings is 2. The van der Waals surface area contributed by atoms with Crippen LogP contribution in [0.4, 0.5) is 18.0 Å². The molecule has 0 radical (unpaired) electrons. The highest BCUT2D eigenvalue weighted by Crippen LogP contribution is 2.44. The molecule has 2 atom stereocenters. The van der Waals surface area contributed by atoms with Gasteiger partial charge in [0.1, 0.15) is 18.7 Å². The summed E-state index contributed by atoms with van der Waals surface area (Å²) in [6, 6.07) is 11.6. The molecular weight excluding hydrogens is 453 g/mol. The van der Waals surface area contributed by atoms with Crippen molar-refractivity contribution < 1.29 is 37.4 Å². The van der Waals surface area contributed by atoms with Crippen molar-refractivity contribution >= 4 is 18.0 Å². The monoisotopic (exact) mass is 478 g/mol. The van der Waals surface area contributed by atoms with E-state index in [0.717, 1.165) is 22.3 Å². The fourth-order valence-electron chi connectivity index (χ4n) is 4.04. The Morgan fingerprint density at radius 3 is 2.06 bits per heavy atom. The van der Waals surface area contributed by atoms with Gasteiger partial charge in [-0.1, -0.05) is 61.9 Å². The number of ether oxygens (including phenoxy) is 1. The van der Waals surface area contributed by atoms with Gasteiger partial charge in [-0.2, -0.15) is 13.2 Å². The Kier molecular flexibility index (Phi) is 7.80. The minimum absolute atomic E-state index is 0.0233. The van der Waals surface area contributed by atoms with Crippen LogP contribution in [0.1, 0.15) is 43.2 Å². The second-order valence-corrected chi connectivity index (χ2v) is 8.01. The molecule has 0 heterocycles. The number of aliphatic carboxylic acids is 1. The first kappa shape index (κ1) is 25.1. The van der Waals surface area contributed by atoms with Crippen molar-refractivity contribution in [1.29, 1.82) is 0 Å². The lowest BCUT2D eigenvalue weighted by atomic mass is 9.98. The van der Waals surface area contributed by atoms with E-state index >= 15 is 0 Å². The molecule has 2 amide bonds. The lowest BCUT2D eigenvalue weighted by molar-refractivity contribution is -0.170. The number of carbonyl (C=O) groups excluding carboxylic acids is 2. The van der Waals surface area contributed by atoms with E-state index in [1.165, 1.54) is 0 Å². The number of halogens is 3. The van der Waals surface area contributed by atoms with Crippen LogP contribution in [-0.4, -0.2) is 47.9 Å². The summed E-state index contributed by atoms with van der Waals surface area (Å²) < 4.78 is 44.7. The fraction of sp³-hybridized carbons (Fsp3) is 0.375. The van der Waals surface area contributed by atoms with Crippen molar-refractivity contribution in [2.45, 2.75) is 50.4 Å². The van der Waals surface area contributed by atoms with Crippen molar-refractivity contribution in [2.75, 3.05) is 6.61 Å². The van der Waals surface area contributed by atoms with Gasteiger partial charge in [-0.05, 0) is 28.7 Å². The van der Waals surface area contributed by atoms with Crippen molar-refractivity contribution in [3.05, 3.63) is 59.7 Å². The highest BCUT2D eigenvalue weighted by atomic mass is 19.4. The van der Waals surface area contributed by atoms with E-state index in [0.29, 0.717) is 6.42 Å². The van der Waals surface area contributed by atoms with E-state index < -0.39 is 42.7 Å². The molecule has 3 rings (SSSR count). The first-order valence-corrected chi connectivity index (χ1v) is 10.8. The Hall–Kier alpha value is -3.56. The summed E-state index contributed by atoms with van der Waals surface area (Å²) in [6.45, 7) is 1.67. The lowest BCUT2D eigenvalue weighted by Gasteiger charge is -2.24. The molecule has 1 unspecified atom stereocenters. The van der Waals surface area contributed by atoms with E-state index in [2.05, 4.69) is 5.32 Å². The number of carboxylic acids is 1. The normalized spacial score (nSPS) is 14.5.